The molecule has 2 rings (SSSR count). The maximum atomic E-state index is 13.6. The SMILES string of the molecule is CCC(Cc1ccccc1)(C(=O)c1ccc(OCCCO)c(OC)c1)N(C)C. The monoisotopic (exact) mass is 385 g/mol. The van der Waals surface area contributed by atoms with Gasteiger partial charge in [0.25, 0.3) is 0 Å². The van der Waals surface area contributed by atoms with Crippen molar-refractivity contribution in [2.24, 2.45) is 0 Å². The molecule has 0 saturated heterocycles. The van der Waals surface area contributed by atoms with E-state index in [2.05, 4.69) is 12.1 Å². The Morgan fingerprint density at radius 2 is 1.82 bits per heavy atom. The second-order valence-corrected chi connectivity index (χ2v) is 7.06. The Hall–Kier alpha value is -2.37. The third-order valence-corrected chi connectivity index (χ3v) is 5.19. The predicted molar refractivity (Wildman–Crippen MR) is 111 cm³/mol. The molecular weight excluding hydrogens is 354 g/mol. The summed E-state index contributed by atoms with van der Waals surface area (Å²) >= 11 is 0. The van der Waals surface area contributed by atoms with Gasteiger partial charge in [-0.15, -0.1) is 0 Å². The average Bonchev–Trinajstić information content (AvgIpc) is 2.72. The van der Waals surface area contributed by atoms with E-state index in [0.29, 0.717) is 42.9 Å². The van der Waals surface area contributed by atoms with Crippen LogP contribution >= 0.6 is 0 Å². The first-order chi connectivity index (χ1) is 13.5. The Labute approximate surface area is 167 Å². The normalized spacial score (nSPS) is 13.2. The van der Waals surface area contributed by atoms with Crippen molar-refractivity contribution >= 4 is 5.78 Å². The number of ether oxygens (including phenoxy) is 2. The summed E-state index contributed by atoms with van der Waals surface area (Å²) in [5, 5.41) is 8.92. The van der Waals surface area contributed by atoms with Crippen molar-refractivity contribution in [2.75, 3.05) is 34.4 Å². The van der Waals surface area contributed by atoms with Gasteiger partial charge in [0.2, 0.25) is 0 Å². The molecule has 0 bridgehead atoms. The number of carbonyl (C=O) groups excluding carboxylic acids is 1. The highest BCUT2D eigenvalue weighted by Gasteiger charge is 2.39. The number of methoxy groups -OCH3 is 1. The molecule has 0 aliphatic heterocycles. The summed E-state index contributed by atoms with van der Waals surface area (Å²) in [5.74, 6) is 1.15. The molecular formula is C23H31NO4. The zero-order valence-corrected chi connectivity index (χ0v) is 17.3. The van der Waals surface area contributed by atoms with Crippen LogP contribution in [0.5, 0.6) is 11.5 Å². The highest BCUT2D eigenvalue weighted by molar-refractivity contribution is 6.04. The molecule has 2 aromatic rings. The van der Waals surface area contributed by atoms with Crippen LogP contribution in [0.3, 0.4) is 0 Å². The van der Waals surface area contributed by atoms with E-state index in [1.165, 1.54) is 0 Å². The van der Waals surface area contributed by atoms with E-state index in [0.717, 1.165) is 5.56 Å². The van der Waals surface area contributed by atoms with Gasteiger partial charge in [0.1, 0.15) is 0 Å². The summed E-state index contributed by atoms with van der Waals surface area (Å²) in [6, 6.07) is 15.4. The Bertz CT molecular complexity index is 760. The minimum Gasteiger partial charge on any atom is -0.493 e. The van der Waals surface area contributed by atoms with Gasteiger partial charge in [-0.1, -0.05) is 37.3 Å². The highest BCUT2D eigenvalue weighted by Crippen LogP contribution is 2.33. The van der Waals surface area contributed by atoms with Crippen LogP contribution in [0.1, 0.15) is 35.7 Å². The molecule has 0 radical (unpaired) electrons. The quantitative estimate of drug-likeness (QED) is 0.473. The van der Waals surface area contributed by atoms with Crippen molar-refractivity contribution in [3.05, 3.63) is 59.7 Å². The fraction of sp³-hybridized carbons (Fsp3) is 0.435. The van der Waals surface area contributed by atoms with E-state index in [-0.39, 0.29) is 12.4 Å². The molecule has 0 fully saturated rings. The lowest BCUT2D eigenvalue weighted by Crippen LogP contribution is -2.52. The summed E-state index contributed by atoms with van der Waals surface area (Å²) in [4.78, 5) is 15.6. The Morgan fingerprint density at radius 3 is 2.39 bits per heavy atom. The standard InChI is InChI=1S/C23H31NO4/c1-5-23(24(2)3,17-18-10-7-6-8-11-18)22(26)19-12-13-20(21(16-19)27-4)28-15-9-14-25/h6-8,10-13,16,25H,5,9,14-15,17H2,1-4H3. The summed E-state index contributed by atoms with van der Waals surface area (Å²) in [7, 11) is 5.47. The van der Waals surface area contributed by atoms with Gasteiger partial charge < -0.3 is 14.6 Å². The van der Waals surface area contributed by atoms with Crippen LogP contribution in [0, 0.1) is 0 Å². The molecule has 0 aromatic heterocycles. The van der Waals surface area contributed by atoms with Gasteiger partial charge in [0.15, 0.2) is 17.3 Å². The van der Waals surface area contributed by atoms with Gasteiger partial charge in [0.05, 0.1) is 19.3 Å². The maximum Gasteiger partial charge on any atom is 0.183 e. The van der Waals surface area contributed by atoms with Crippen LogP contribution in [0.25, 0.3) is 0 Å². The lowest BCUT2D eigenvalue weighted by Gasteiger charge is -2.38. The third kappa shape index (κ3) is 4.91. The molecule has 1 N–H and O–H groups in total. The molecule has 0 saturated carbocycles. The number of rotatable bonds is 11. The number of Topliss-reactive ketones (excluding diaryl/α,β-unsaturated/α-hetero) is 1. The number of ketones is 1. The fourth-order valence-electron chi connectivity index (χ4n) is 3.42. The number of hydrogen-bond donors (Lipinski definition) is 1. The van der Waals surface area contributed by atoms with Crippen LogP contribution in [0.15, 0.2) is 48.5 Å². The first-order valence-electron chi connectivity index (χ1n) is 9.66. The molecule has 0 amide bonds. The van der Waals surface area contributed by atoms with Crippen molar-refractivity contribution in [2.45, 2.75) is 31.7 Å². The van der Waals surface area contributed by atoms with E-state index in [1.54, 1.807) is 25.3 Å². The summed E-state index contributed by atoms with van der Waals surface area (Å²) in [6.07, 6.45) is 1.86. The van der Waals surface area contributed by atoms with Crippen LogP contribution < -0.4 is 9.47 Å². The number of benzene rings is 2. The van der Waals surface area contributed by atoms with E-state index < -0.39 is 5.54 Å². The summed E-state index contributed by atoms with van der Waals surface area (Å²) in [5.41, 5.74) is 1.08. The van der Waals surface area contributed by atoms with Gasteiger partial charge in [-0.3, -0.25) is 9.69 Å². The second kappa shape index (κ2) is 10.2. The Kier molecular flexibility index (Phi) is 8.03. The number of likely N-dealkylation sites (N-methyl/N-ethyl adjacent to an activating group) is 1. The lowest BCUT2D eigenvalue weighted by atomic mass is 9.80. The van der Waals surface area contributed by atoms with Gasteiger partial charge in [-0.2, -0.15) is 0 Å². The van der Waals surface area contributed by atoms with Crippen molar-refractivity contribution in [3.8, 4) is 11.5 Å². The van der Waals surface area contributed by atoms with E-state index in [9.17, 15) is 4.79 Å². The predicted octanol–water partition coefficient (Wildman–Crippen LogP) is 3.59. The minimum absolute atomic E-state index is 0.0593. The fourth-order valence-corrected chi connectivity index (χ4v) is 3.42. The van der Waals surface area contributed by atoms with E-state index >= 15 is 0 Å². The molecule has 152 valence electrons. The third-order valence-electron chi connectivity index (χ3n) is 5.19. The maximum absolute atomic E-state index is 13.6. The van der Waals surface area contributed by atoms with Crippen molar-refractivity contribution in [1.82, 2.24) is 4.90 Å². The molecule has 0 aliphatic rings. The largest absolute Gasteiger partial charge is 0.493 e. The molecule has 1 unspecified atom stereocenters. The number of hydrogen-bond acceptors (Lipinski definition) is 5. The lowest BCUT2D eigenvalue weighted by molar-refractivity contribution is 0.0666. The molecule has 5 heteroatoms. The van der Waals surface area contributed by atoms with Crippen molar-refractivity contribution in [3.63, 3.8) is 0 Å². The highest BCUT2D eigenvalue weighted by atomic mass is 16.5. The zero-order chi connectivity index (χ0) is 20.6. The van der Waals surface area contributed by atoms with Crippen LogP contribution in [0.2, 0.25) is 0 Å². The van der Waals surface area contributed by atoms with Crippen LogP contribution in [-0.2, 0) is 6.42 Å². The first kappa shape index (κ1) is 21.9. The number of aliphatic hydroxyl groups excluding tert-OH is 1. The van der Waals surface area contributed by atoms with Crippen molar-refractivity contribution in [1.29, 1.82) is 0 Å². The van der Waals surface area contributed by atoms with Gasteiger partial charge in [0, 0.05) is 18.6 Å². The van der Waals surface area contributed by atoms with Crippen LogP contribution in [-0.4, -0.2) is 55.7 Å². The van der Waals surface area contributed by atoms with Gasteiger partial charge >= 0.3 is 0 Å². The van der Waals surface area contributed by atoms with Crippen molar-refractivity contribution < 1.29 is 19.4 Å². The molecule has 0 heterocycles. The van der Waals surface area contributed by atoms with Gasteiger partial charge in [-0.05, 0) is 50.7 Å². The second-order valence-electron chi connectivity index (χ2n) is 7.06. The molecule has 0 aliphatic carbocycles. The summed E-state index contributed by atoms with van der Waals surface area (Å²) < 4.78 is 11.1. The molecule has 0 spiro atoms. The zero-order valence-electron chi connectivity index (χ0n) is 17.3. The topological polar surface area (TPSA) is 59.0 Å². The minimum atomic E-state index is -0.647. The average molecular weight is 386 g/mol. The van der Waals surface area contributed by atoms with E-state index in [1.807, 2.05) is 44.1 Å². The number of carbonyl (C=O) groups is 1. The first-order valence-corrected chi connectivity index (χ1v) is 9.66. The number of nitrogens with zero attached hydrogens (tertiary/aromatic N) is 1. The van der Waals surface area contributed by atoms with Gasteiger partial charge in [-0.25, -0.2) is 0 Å². The molecule has 2 aromatic carbocycles. The van der Waals surface area contributed by atoms with E-state index in [4.69, 9.17) is 14.6 Å². The van der Waals surface area contributed by atoms with Crippen LogP contribution in [0.4, 0.5) is 0 Å². The Morgan fingerprint density at radius 1 is 1.11 bits per heavy atom. The molecule has 1 atom stereocenters. The summed E-state index contributed by atoms with van der Waals surface area (Å²) in [6.45, 7) is 2.51. The smallest absolute Gasteiger partial charge is 0.183 e. The number of aliphatic hydroxyl groups is 1. The molecule has 28 heavy (non-hydrogen) atoms. The Balaban J connectivity index is 2.35. The molecule has 5 nitrogen and oxygen atoms in total.